The van der Waals surface area contributed by atoms with Crippen LogP contribution in [-0.4, -0.2) is 28.0 Å². The highest BCUT2D eigenvalue weighted by Crippen LogP contribution is 2.33. The number of benzene rings is 1. The molecule has 0 saturated heterocycles. The second-order valence-electron chi connectivity index (χ2n) is 7.72. The largest absolute Gasteiger partial charge is 0.380 e. The molecule has 4 rings (SSSR count). The van der Waals surface area contributed by atoms with Crippen LogP contribution in [0.25, 0.3) is 20.4 Å². The van der Waals surface area contributed by atoms with Crippen LogP contribution in [0.15, 0.2) is 40.2 Å². The van der Waals surface area contributed by atoms with E-state index in [1.165, 1.54) is 21.6 Å². The maximum Gasteiger partial charge on any atom is 0.292 e. The van der Waals surface area contributed by atoms with E-state index in [9.17, 15) is 4.79 Å². The molecular weight excluding hydrogens is 408 g/mol. The molecule has 7 heteroatoms. The van der Waals surface area contributed by atoms with Gasteiger partial charge in [-0.25, -0.2) is 9.97 Å². The Morgan fingerprint density at radius 1 is 1.19 bits per heavy atom. The minimum absolute atomic E-state index is 0.150. The van der Waals surface area contributed by atoms with Crippen LogP contribution in [0.3, 0.4) is 0 Å². The number of nitrogens with zero attached hydrogens (tertiary/aromatic N) is 4. The van der Waals surface area contributed by atoms with Gasteiger partial charge in [-0.05, 0) is 37.5 Å². The van der Waals surface area contributed by atoms with Gasteiger partial charge in [0, 0.05) is 24.6 Å². The molecule has 1 aromatic carbocycles. The van der Waals surface area contributed by atoms with Crippen molar-refractivity contribution in [3.8, 4) is 0 Å². The Bertz CT molecular complexity index is 1320. The van der Waals surface area contributed by atoms with Crippen LogP contribution < -0.4 is 5.56 Å². The zero-order valence-electron chi connectivity index (χ0n) is 18.3. The molecule has 0 spiro atoms. The van der Waals surface area contributed by atoms with Crippen molar-refractivity contribution >= 4 is 38.0 Å². The lowest BCUT2D eigenvalue weighted by Crippen LogP contribution is -2.21. The van der Waals surface area contributed by atoms with Crippen molar-refractivity contribution in [2.45, 2.75) is 46.6 Å². The number of unbranched alkanes of at least 4 members (excludes halogenated alkanes) is 1. The average molecular weight is 435 g/mol. The lowest BCUT2D eigenvalue weighted by atomic mass is 10.1. The molecule has 3 aromatic heterocycles. The molecule has 0 aliphatic rings. The second kappa shape index (κ2) is 9.08. The van der Waals surface area contributed by atoms with Crippen LogP contribution in [-0.2, 0) is 17.8 Å². The zero-order valence-corrected chi connectivity index (χ0v) is 19.1. The summed E-state index contributed by atoms with van der Waals surface area (Å²) in [5.41, 5.74) is 4.58. The van der Waals surface area contributed by atoms with Crippen molar-refractivity contribution in [1.82, 2.24) is 14.6 Å². The fourth-order valence-corrected chi connectivity index (χ4v) is 4.73. The summed E-state index contributed by atoms with van der Waals surface area (Å²) >= 11 is 1.38. The summed E-state index contributed by atoms with van der Waals surface area (Å²) in [4.78, 5) is 23.9. The van der Waals surface area contributed by atoms with Gasteiger partial charge in [-0.15, -0.1) is 11.3 Å². The summed E-state index contributed by atoms with van der Waals surface area (Å²) in [7, 11) is 1.67. The molecule has 160 valence electrons. The Kier molecular flexibility index (Phi) is 6.25. The summed E-state index contributed by atoms with van der Waals surface area (Å²) < 4.78 is 7.43. The molecule has 0 amide bonds. The molecule has 0 N–H and O–H groups in total. The molecule has 0 unspecified atom stereocenters. The number of thiophene rings is 1. The van der Waals surface area contributed by atoms with Gasteiger partial charge in [0.25, 0.3) is 5.56 Å². The van der Waals surface area contributed by atoms with Crippen LogP contribution in [0.1, 0.15) is 48.0 Å². The summed E-state index contributed by atoms with van der Waals surface area (Å²) in [5.74, 6) is 0.673. The summed E-state index contributed by atoms with van der Waals surface area (Å²) in [6, 6.07) is 10.0. The van der Waals surface area contributed by atoms with Crippen molar-refractivity contribution in [3.05, 3.63) is 68.9 Å². The van der Waals surface area contributed by atoms with E-state index in [-0.39, 0.29) is 5.56 Å². The molecule has 6 nitrogen and oxygen atoms in total. The fraction of sp³-hybridized carbons (Fsp3) is 0.333. The first-order valence-corrected chi connectivity index (χ1v) is 11.3. The standard InChI is InChI=1S/C24H26N4O2S/c1-5-6-7-19-27-21-20-18(14-30-4)12-16(3)26-23(20)31-22(21)24(29)28(19)25-13-17-10-8-15(2)9-11-17/h8-13H,5-7,14H2,1-4H3/b25-13+. The Morgan fingerprint density at radius 3 is 2.68 bits per heavy atom. The van der Waals surface area contributed by atoms with E-state index in [0.717, 1.165) is 39.9 Å². The van der Waals surface area contributed by atoms with Gasteiger partial charge in [-0.3, -0.25) is 4.79 Å². The number of methoxy groups -OCH3 is 1. The van der Waals surface area contributed by atoms with E-state index < -0.39 is 0 Å². The molecule has 0 bridgehead atoms. The van der Waals surface area contributed by atoms with Gasteiger partial charge in [0.1, 0.15) is 15.4 Å². The van der Waals surface area contributed by atoms with E-state index in [1.54, 1.807) is 13.3 Å². The van der Waals surface area contributed by atoms with E-state index in [0.29, 0.717) is 29.1 Å². The Morgan fingerprint density at radius 2 is 1.97 bits per heavy atom. The third-order valence-corrected chi connectivity index (χ3v) is 6.23. The molecule has 0 aliphatic carbocycles. The minimum Gasteiger partial charge on any atom is -0.380 e. The van der Waals surface area contributed by atoms with E-state index in [1.807, 2.05) is 44.2 Å². The normalized spacial score (nSPS) is 11.9. The van der Waals surface area contributed by atoms with E-state index >= 15 is 0 Å². The lowest BCUT2D eigenvalue weighted by Gasteiger charge is -2.08. The number of aryl methyl sites for hydroxylation is 3. The van der Waals surface area contributed by atoms with Crippen molar-refractivity contribution in [2.24, 2.45) is 5.10 Å². The third-order valence-electron chi connectivity index (χ3n) is 5.17. The Labute approximate surface area is 185 Å². The van der Waals surface area contributed by atoms with Crippen molar-refractivity contribution in [2.75, 3.05) is 7.11 Å². The minimum atomic E-state index is -0.150. The molecule has 3 heterocycles. The summed E-state index contributed by atoms with van der Waals surface area (Å²) in [5, 5.41) is 5.45. The topological polar surface area (TPSA) is 69.4 Å². The maximum atomic E-state index is 13.5. The average Bonchev–Trinajstić information content (AvgIpc) is 3.11. The van der Waals surface area contributed by atoms with Gasteiger partial charge >= 0.3 is 0 Å². The molecule has 0 aliphatic heterocycles. The van der Waals surface area contributed by atoms with Crippen molar-refractivity contribution in [1.29, 1.82) is 0 Å². The SMILES string of the molecule is CCCCc1nc2c(sc3nc(C)cc(COC)c32)c(=O)n1/N=C/c1ccc(C)cc1. The maximum absolute atomic E-state index is 13.5. The predicted octanol–water partition coefficient (Wildman–Crippen LogP) is 4.99. The number of aromatic nitrogens is 3. The first-order valence-electron chi connectivity index (χ1n) is 10.5. The highest BCUT2D eigenvalue weighted by atomic mass is 32.1. The van der Waals surface area contributed by atoms with Crippen LogP contribution in [0.5, 0.6) is 0 Å². The monoisotopic (exact) mass is 434 g/mol. The number of fused-ring (bicyclic) bond motifs is 3. The predicted molar refractivity (Wildman–Crippen MR) is 127 cm³/mol. The van der Waals surface area contributed by atoms with Gasteiger partial charge in [-0.1, -0.05) is 43.2 Å². The first kappa shape index (κ1) is 21.3. The number of rotatable bonds is 7. The highest BCUT2D eigenvalue weighted by Gasteiger charge is 2.19. The van der Waals surface area contributed by atoms with E-state index in [4.69, 9.17) is 9.72 Å². The molecule has 31 heavy (non-hydrogen) atoms. The van der Waals surface area contributed by atoms with Gasteiger partial charge in [0.2, 0.25) is 0 Å². The van der Waals surface area contributed by atoms with Crippen molar-refractivity contribution < 1.29 is 4.74 Å². The van der Waals surface area contributed by atoms with E-state index in [2.05, 4.69) is 17.0 Å². The summed E-state index contributed by atoms with van der Waals surface area (Å²) in [6.45, 7) is 6.57. The quantitative estimate of drug-likeness (QED) is 0.384. The molecule has 0 saturated carbocycles. The fourth-order valence-electron chi connectivity index (χ4n) is 3.60. The van der Waals surface area contributed by atoms with Gasteiger partial charge in [0.05, 0.1) is 18.3 Å². The number of ether oxygens (including phenoxy) is 1. The molecule has 0 radical (unpaired) electrons. The zero-order chi connectivity index (χ0) is 22.0. The number of hydrogen-bond acceptors (Lipinski definition) is 6. The molecule has 0 fully saturated rings. The number of hydrogen-bond donors (Lipinski definition) is 0. The van der Waals surface area contributed by atoms with Gasteiger partial charge < -0.3 is 4.74 Å². The Hall–Kier alpha value is -2.90. The summed E-state index contributed by atoms with van der Waals surface area (Å²) in [6.07, 6.45) is 4.34. The van der Waals surface area contributed by atoms with Crippen LogP contribution >= 0.6 is 11.3 Å². The molecule has 0 atom stereocenters. The highest BCUT2D eigenvalue weighted by molar-refractivity contribution is 7.25. The van der Waals surface area contributed by atoms with Crippen LogP contribution in [0.4, 0.5) is 0 Å². The lowest BCUT2D eigenvalue weighted by molar-refractivity contribution is 0.186. The Balaban J connectivity index is 1.93. The second-order valence-corrected chi connectivity index (χ2v) is 8.72. The molecule has 4 aromatic rings. The number of pyridine rings is 1. The molecular formula is C24H26N4O2S. The third kappa shape index (κ3) is 4.29. The smallest absolute Gasteiger partial charge is 0.292 e. The van der Waals surface area contributed by atoms with Crippen LogP contribution in [0, 0.1) is 13.8 Å². The van der Waals surface area contributed by atoms with Crippen LogP contribution in [0.2, 0.25) is 0 Å². The van der Waals surface area contributed by atoms with Crippen molar-refractivity contribution in [3.63, 3.8) is 0 Å². The van der Waals surface area contributed by atoms with Gasteiger partial charge in [-0.2, -0.15) is 9.78 Å². The van der Waals surface area contributed by atoms with Gasteiger partial charge in [0.15, 0.2) is 0 Å². The first-order chi connectivity index (χ1) is 15.0.